The number of nitrogens with zero attached hydrogens (tertiary/aromatic N) is 2. The quantitative estimate of drug-likeness (QED) is 0.161. The molecule has 202 valence electrons. The highest BCUT2D eigenvalue weighted by Crippen LogP contribution is 2.21. The van der Waals surface area contributed by atoms with Crippen molar-refractivity contribution in [3.63, 3.8) is 0 Å². The number of hydrogen-bond acceptors (Lipinski definition) is 3. The van der Waals surface area contributed by atoms with Gasteiger partial charge in [-0.25, -0.2) is 14.4 Å². The Kier molecular flexibility index (Phi) is 16.1. The molecule has 3 nitrogen and oxygen atoms in total. The summed E-state index contributed by atoms with van der Waals surface area (Å²) < 4.78 is 19.9. The summed E-state index contributed by atoms with van der Waals surface area (Å²) in [4.78, 5) is 9.13. The Morgan fingerprint density at radius 2 is 1.31 bits per heavy atom. The van der Waals surface area contributed by atoms with E-state index in [4.69, 9.17) is 4.74 Å². The van der Waals surface area contributed by atoms with Gasteiger partial charge in [0, 0.05) is 18.0 Å². The highest BCUT2D eigenvalue weighted by molar-refractivity contribution is 5.55. The number of benzene rings is 1. The number of halogens is 1. The summed E-state index contributed by atoms with van der Waals surface area (Å²) in [6.07, 6.45) is 22.5. The summed E-state index contributed by atoms with van der Waals surface area (Å²) in [6.45, 7) is 6.88. The summed E-state index contributed by atoms with van der Waals surface area (Å²) >= 11 is 0. The molecule has 0 saturated heterocycles. The van der Waals surface area contributed by atoms with Gasteiger partial charge in [0.25, 0.3) is 0 Å². The van der Waals surface area contributed by atoms with Crippen LogP contribution in [0, 0.1) is 5.92 Å². The third-order valence-corrected chi connectivity index (χ3v) is 7.08. The van der Waals surface area contributed by atoms with Crippen LogP contribution in [0.5, 0.6) is 5.75 Å². The van der Waals surface area contributed by atoms with E-state index < -0.39 is 6.17 Å². The summed E-state index contributed by atoms with van der Waals surface area (Å²) in [7, 11) is 0. The summed E-state index contributed by atoms with van der Waals surface area (Å²) in [5.41, 5.74) is 2.16. The number of hydrogen-bond donors (Lipinski definition) is 0. The molecule has 1 heterocycles. The second-order valence-electron chi connectivity index (χ2n) is 10.6. The third-order valence-electron chi connectivity index (χ3n) is 7.08. The smallest absolute Gasteiger partial charge is 0.159 e. The minimum absolute atomic E-state index is 0.118. The van der Waals surface area contributed by atoms with Crippen molar-refractivity contribution in [2.24, 2.45) is 5.92 Å². The van der Waals surface area contributed by atoms with Crippen molar-refractivity contribution in [3.8, 4) is 17.1 Å². The van der Waals surface area contributed by atoms with Crippen LogP contribution in [-0.2, 0) is 6.42 Å². The van der Waals surface area contributed by atoms with Gasteiger partial charge in [-0.05, 0) is 55.0 Å². The molecular formula is C32H51FN2O. The van der Waals surface area contributed by atoms with Crippen molar-refractivity contribution in [2.75, 3.05) is 6.61 Å². The first kappa shape index (κ1) is 30.3. The molecule has 1 aromatic heterocycles. The summed E-state index contributed by atoms with van der Waals surface area (Å²) in [6, 6.07) is 7.67. The van der Waals surface area contributed by atoms with Crippen molar-refractivity contribution in [3.05, 3.63) is 42.2 Å². The third kappa shape index (κ3) is 13.4. The Hall–Kier alpha value is -1.97. The highest BCUT2D eigenvalue weighted by atomic mass is 19.1. The van der Waals surface area contributed by atoms with Crippen LogP contribution in [0.4, 0.5) is 4.39 Å². The average Bonchev–Trinajstić information content (AvgIpc) is 2.90. The zero-order chi connectivity index (χ0) is 25.8. The topological polar surface area (TPSA) is 35.0 Å². The van der Waals surface area contributed by atoms with Crippen molar-refractivity contribution in [2.45, 2.75) is 130 Å². The molecule has 0 N–H and O–H groups in total. The van der Waals surface area contributed by atoms with Gasteiger partial charge in [-0.2, -0.15) is 0 Å². The minimum Gasteiger partial charge on any atom is -0.491 e. The van der Waals surface area contributed by atoms with Crippen LogP contribution >= 0.6 is 0 Å². The first-order valence-corrected chi connectivity index (χ1v) is 14.8. The van der Waals surface area contributed by atoms with Crippen molar-refractivity contribution >= 4 is 0 Å². The normalized spacial score (nSPS) is 13.0. The van der Waals surface area contributed by atoms with E-state index in [2.05, 4.69) is 30.7 Å². The van der Waals surface area contributed by atoms with E-state index in [-0.39, 0.29) is 6.61 Å². The molecule has 1 aromatic carbocycles. The Morgan fingerprint density at radius 1 is 0.722 bits per heavy atom. The Labute approximate surface area is 220 Å². The largest absolute Gasteiger partial charge is 0.491 e. The molecule has 2 rings (SSSR count). The Morgan fingerprint density at radius 3 is 1.94 bits per heavy atom. The first-order valence-electron chi connectivity index (χ1n) is 14.8. The van der Waals surface area contributed by atoms with Crippen molar-refractivity contribution in [1.29, 1.82) is 0 Å². The monoisotopic (exact) mass is 498 g/mol. The van der Waals surface area contributed by atoms with Crippen molar-refractivity contribution in [1.82, 2.24) is 9.97 Å². The average molecular weight is 499 g/mol. The first-order chi connectivity index (χ1) is 17.6. The van der Waals surface area contributed by atoms with Crippen LogP contribution in [0.2, 0.25) is 0 Å². The molecule has 0 aliphatic heterocycles. The van der Waals surface area contributed by atoms with Crippen LogP contribution < -0.4 is 4.74 Å². The van der Waals surface area contributed by atoms with E-state index in [9.17, 15) is 4.39 Å². The Balaban J connectivity index is 1.62. The van der Waals surface area contributed by atoms with Crippen LogP contribution in [0.25, 0.3) is 11.4 Å². The zero-order valence-corrected chi connectivity index (χ0v) is 23.3. The second kappa shape index (κ2) is 19.2. The second-order valence-corrected chi connectivity index (χ2v) is 10.6. The van der Waals surface area contributed by atoms with Gasteiger partial charge in [0.1, 0.15) is 18.5 Å². The minimum atomic E-state index is -0.912. The predicted octanol–water partition coefficient (Wildman–Crippen LogP) is 9.93. The standard InChI is InChI=1S/C32H51FN2O/c1-4-6-8-9-10-11-12-13-14-18-28-24-34-32(35-25-28)29-20-22-31(23-21-29)36-26-30(33)19-15-17-27(3)16-7-5-2/h20-25,27,30H,4-19,26H2,1-3H3. The molecule has 4 heteroatoms. The van der Waals surface area contributed by atoms with Crippen LogP contribution in [0.3, 0.4) is 0 Å². The number of ether oxygens (including phenoxy) is 1. The molecular weight excluding hydrogens is 447 g/mol. The van der Waals surface area contributed by atoms with Gasteiger partial charge in [-0.15, -0.1) is 0 Å². The highest BCUT2D eigenvalue weighted by Gasteiger charge is 2.10. The summed E-state index contributed by atoms with van der Waals surface area (Å²) in [5, 5.41) is 0. The maximum Gasteiger partial charge on any atom is 0.159 e. The van der Waals surface area contributed by atoms with Crippen LogP contribution in [-0.4, -0.2) is 22.7 Å². The molecule has 0 fully saturated rings. The Bertz CT molecular complexity index is 778. The van der Waals surface area contributed by atoms with Gasteiger partial charge in [0.2, 0.25) is 0 Å². The fourth-order valence-electron chi connectivity index (χ4n) is 4.63. The lowest BCUT2D eigenvalue weighted by Crippen LogP contribution is -2.13. The molecule has 0 radical (unpaired) electrons. The number of alkyl halides is 1. The van der Waals surface area contributed by atoms with Crippen LogP contribution in [0.1, 0.15) is 123 Å². The van der Waals surface area contributed by atoms with E-state index in [1.54, 1.807) is 0 Å². The lowest BCUT2D eigenvalue weighted by atomic mass is 9.97. The lowest BCUT2D eigenvalue weighted by molar-refractivity contribution is 0.182. The zero-order valence-electron chi connectivity index (χ0n) is 23.3. The molecule has 0 bridgehead atoms. The number of rotatable bonds is 21. The molecule has 2 atom stereocenters. The molecule has 0 aliphatic rings. The number of aryl methyl sites for hydroxylation is 1. The maximum absolute atomic E-state index is 14.2. The SMILES string of the molecule is CCCCCCCCCCCc1cnc(-c2ccc(OCC(F)CCCC(C)CCCC)cc2)nc1. The molecule has 2 aromatic rings. The van der Waals surface area contributed by atoms with E-state index in [1.807, 2.05) is 36.7 Å². The van der Waals surface area contributed by atoms with Gasteiger partial charge in [0.05, 0.1) is 0 Å². The number of aromatic nitrogens is 2. The molecule has 2 unspecified atom stereocenters. The molecule has 0 aliphatic carbocycles. The molecule has 36 heavy (non-hydrogen) atoms. The van der Waals surface area contributed by atoms with E-state index >= 15 is 0 Å². The van der Waals surface area contributed by atoms with Gasteiger partial charge >= 0.3 is 0 Å². The molecule has 0 amide bonds. The number of unbranched alkanes of at least 4 members (excludes halogenated alkanes) is 9. The van der Waals surface area contributed by atoms with Crippen molar-refractivity contribution < 1.29 is 9.13 Å². The van der Waals surface area contributed by atoms with Gasteiger partial charge in [0.15, 0.2) is 5.82 Å². The van der Waals surface area contributed by atoms with E-state index in [0.717, 1.165) is 30.7 Å². The maximum atomic E-state index is 14.2. The fraction of sp³-hybridized carbons (Fsp3) is 0.688. The van der Waals surface area contributed by atoms with E-state index in [1.165, 1.54) is 82.6 Å². The van der Waals surface area contributed by atoms with Crippen LogP contribution in [0.15, 0.2) is 36.7 Å². The predicted molar refractivity (Wildman–Crippen MR) is 151 cm³/mol. The van der Waals surface area contributed by atoms with Gasteiger partial charge in [-0.1, -0.05) is 104 Å². The van der Waals surface area contributed by atoms with E-state index in [0.29, 0.717) is 18.1 Å². The molecule has 0 spiro atoms. The fourth-order valence-corrected chi connectivity index (χ4v) is 4.63. The van der Waals surface area contributed by atoms with Gasteiger partial charge in [-0.3, -0.25) is 0 Å². The summed E-state index contributed by atoms with van der Waals surface area (Å²) in [5.74, 6) is 2.11. The van der Waals surface area contributed by atoms with Gasteiger partial charge < -0.3 is 4.74 Å². The lowest BCUT2D eigenvalue weighted by Gasteiger charge is -2.13. The molecule has 0 saturated carbocycles.